The highest BCUT2D eigenvalue weighted by atomic mass is 35.5. The van der Waals surface area contributed by atoms with E-state index in [1.807, 2.05) is 13.0 Å². The first kappa shape index (κ1) is 16.7. The minimum absolute atomic E-state index is 0.00203. The second-order valence-electron chi connectivity index (χ2n) is 4.73. The molecular formula is C15H13Cl4NO. The Morgan fingerprint density at radius 1 is 0.952 bits per heavy atom. The minimum atomic E-state index is -0.00203. The number of nitrogens with two attached hydrogens (primary N) is 1. The van der Waals surface area contributed by atoms with E-state index in [1.54, 1.807) is 18.2 Å². The van der Waals surface area contributed by atoms with Gasteiger partial charge in [0.15, 0.2) is 0 Å². The summed E-state index contributed by atoms with van der Waals surface area (Å²) in [5.41, 5.74) is 6.79. The van der Waals surface area contributed by atoms with Crippen molar-refractivity contribution in [2.45, 2.75) is 19.4 Å². The first-order chi connectivity index (χ1) is 9.86. The first-order valence-electron chi connectivity index (χ1n) is 6.23. The Hall–Kier alpha value is -0.640. The summed E-state index contributed by atoms with van der Waals surface area (Å²) in [5.74, 6) is 1.01. The van der Waals surface area contributed by atoms with Crippen LogP contribution in [0.25, 0.3) is 0 Å². The van der Waals surface area contributed by atoms with Crippen molar-refractivity contribution in [1.29, 1.82) is 0 Å². The fourth-order valence-electron chi connectivity index (χ4n) is 1.84. The number of ether oxygens (including phenoxy) is 1. The largest absolute Gasteiger partial charge is 0.455 e. The van der Waals surface area contributed by atoms with Crippen molar-refractivity contribution < 1.29 is 4.74 Å². The van der Waals surface area contributed by atoms with Crippen molar-refractivity contribution >= 4 is 46.4 Å². The smallest absolute Gasteiger partial charge is 0.147 e. The van der Waals surface area contributed by atoms with Gasteiger partial charge < -0.3 is 10.5 Å². The third kappa shape index (κ3) is 4.41. The Kier molecular flexibility index (Phi) is 5.64. The second-order valence-corrected chi connectivity index (χ2v) is 6.39. The lowest BCUT2D eigenvalue weighted by atomic mass is 10.1. The molecule has 0 amide bonds. The summed E-state index contributed by atoms with van der Waals surface area (Å²) < 4.78 is 5.84. The van der Waals surface area contributed by atoms with Gasteiger partial charge in [0.2, 0.25) is 0 Å². The molecule has 21 heavy (non-hydrogen) atoms. The lowest BCUT2D eigenvalue weighted by Crippen LogP contribution is -2.18. The van der Waals surface area contributed by atoms with Crippen LogP contribution in [-0.2, 0) is 6.42 Å². The van der Waals surface area contributed by atoms with Crippen molar-refractivity contribution in [3.8, 4) is 11.5 Å². The minimum Gasteiger partial charge on any atom is -0.455 e. The molecule has 0 saturated carbocycles. The molecule has 2 aromatic rings. The zero-order valence-corrected chi connectivity index (χ0v) is 14.2. The molecule has 0 aromatic heterocycles. The van der Waals surface area contributed by atoms with Gasteiger partial charge in [-0.1, -0.05) is 52.5 Å². The van der Waals surface area contributed by atoms with Crippen LogP contribution >= 0.6 is 46.4 Å². The molecule has 0 bridgehead atoms. The third-order valence-electron chi connectivity index (χ3n) is 2.77. The molecule has 0 spiro atoms. The van der Waals surface area contributed by atoms with Crippen LogP contribution in [0.15, 0.2) is 30.3 Å². The van der Waals surface area contributed by atoms with Crippen LogP contribution in [0.3, 0.4) is 0 Å². The molecule has 2 nitrogen and oxygen atoms in total. The SMILES string of the molecule is CC(N)Cc1ccc(Cl)cc1Oc1cc(Cl)c(Cl)cc1Cl. The highest BCUT2D eigenvalue weighted by Crippen LogP contribution is 2.38. The summed E-state index contributed by atoms with van der Waals surface area (Å²) in [7, 11) is 0. The summed E-state index contributed by atoms with van der Waals surface area (Å²) in [6.45, 7) is 1.92. The molecule has 2 aromatic carbocycles. The number of halogens is 4. The van der Waals surface area contributed by atoms with Gasteiger partial charge in [-0.2, -0.15) is 0 Å². The average Bonchev–Trinajstić information content (AvgIpc) is 2.38. The number of rotatable bonds is 4. The average molecular weight is 365 g/mol. The normalized spacial score (nSPS) is 12.3. The Morgan fingerprint density at radius 2 is 1.62 bits per heavy atom. The molecule has 0 radical (unpaired) electrons. The molecule has 0 fully saturated rings. The molecule has 0 aliphatic carbocycles. The van der Waals surface area contributed by atoms with E-state index in [2.05, 4.69) is 0 Å². The van der Waals surface area contributed by atoms with Crippen molar-refractivity contribution in [2.24, 2.45) is 5.73 Å². The van der Waals surface area contributed by atoms with E-state index < -0.39 is 0 Å². The molecule has 1 atom stereocenters. The van der Waals surface area contributed by atoms with Crippen LogP contribution in [0, 0.1) is 0 Å². The summed E-state index contributed by atoms with van der Waals surface area (Å²) in [6.07, 6.45) is 0.658. The zero-order chi connectivity index (χ0) is 15.6. The molecule has 0 heterocycles. The maximum Gasteiger partial charge on any atom is 0.147 e. The Balaban J connectivity index is 2.38. The Bertz CT molecular complexity index is 658. The van der Waals surface area contributed by atoms with E-state index >= 15 is 0 Å². The summed E-state index contributed by atoms with van der Waals surface area (Å²) in [4.78, 5) is 0. The maximum absolute atomic E-state index is 6.12. The highest BCUT2D eigenvalue weighted by Gasteiger charge is 2.12. The second kappa shape index (κ2) is 7.08. The van der Waals surface area contributed by atoms with Gasteiger partial charge in [-0.05, 0) is 37.1 Å². The van der Waals surface area contributed by atoms with Gasteiger partial charge in [0, 0.05) is 17.1 Å². The predicted octanol–water partition coefficient (Wildman–Crippen LogP) is 5.98. The molecule has 112 valence electrons. The van der Waals surface area contributed by atoms with Crippen molar-refractivity contribution in [3.63, 3.8) is 0 Å². The van der Waals surface area contributed by atoms with E-state index in [4.69, 9.17) is 56.9 Å². The Morgan fingerprint density at radius 3 is 2.29 bits per heavy atom. The molecular weight excluding hydrogens is 352 g/mol. The fourth-order valence-corrected chi connectivity index (χ4v) is 2.58. The zero-order valence-electron chi connectivity index (χ0n) is 11.2. The standard InChI is InChI=1S/C15H13Cl4NO/c1-8(20)4-9-2-3-10(16)5-14(9)21-15-7-12(18)11(17)6-13(15)19/h2-3,5-8H,4,20H2,1H3. The highest BCUT2D eigenvalue weighted by molar-refractivity contribution is 6.43. The van der Waals surface area contributed by atoms with E-state index in [1.165, 1.54) is 6.07 Å². The molecule has 1 unspecified atom stereocenters. The number of hydrogen-bond donors (Lipinski definition) is 1. The van der Waals surface area contributed by atoms with Gasteiger partial charge in [0.25, 0.3) is 0 Å². The maximum atomic E-state index is 6.12. The van der Waals surface area contributed by atoms with E-state index in [0.29, 0.717) is 38.0 Å². The van der Waals surface area contributed by atoms with Crippen LogP contribution in [0.2, 0.25) is 20.1 Å². The van der Waals surface area contributed by atoms with Crippen molar-refractivity contribution in [3.05, 3.63) is 56.0 Å². The van der Waals surface area contributed by atoms with Gasteiger partial charge >= 0.3 is 0 Å². The molecule has 0 aliphatic rings. The number of hydrogen-bond acceptors (Lipinski definition) is 2. The van der Waals surface area contributed by atoms with E-state index in [0.717, 1.165) is 5.56 Å². The third-order valence-corrected chi connectivity index (χ3v) is 4.02. The summed E-state index contributed by atoms with van der Waals surface area (Å²) in [6, 6.07) is 8.50. The van der Waals surface area contributed by atoms with Crippen LogP contribution in [-0.4, -0.2) is 6.04 Å². The van der Waals surface area contributed by atoms with Crippen LogP contribution in [0.5, 0.6) is 11.5 Å². The quantitative estimate of drug-likeness (QED) is 0.677. The number of benzene rings is 2. The van der Waals surface area contributed by atoms with Crippen molar-refractivity contribution in [2.75, 3.05) is 0 Å². The predicted molar refractivity (Wildman–Crippen MR) is 90.4 cm³/mol. The monoisotopic (exact) mass is 363 g/mol. The first-order valence-corrected chi connectivity index (χ1v) is 7.74. The van der Waals surface area contributed by atoms with Gasteiger partial charge in [-0.15, -0.1) is 0 Å². The van der Waals surface area contributed by atoms with Gasteiger partial charge in [0.1, 0.15) is 11.5 Å². The lowest BCUT2D eigenvalue weighted by molar-refractivity contribution is 0.474. The molecule has 2 N–H and O–H groups in total. The summed E-state index contributed by atoms with van der Waals surface area (Å²) in [5, 5.41) is 1.67. The van der Waals surface area contributed by atoms with Crippen LogP contribution in [0.1, 0.15) is 12.5 Å². The van der Waals surface area contributed by atoms with Crippen molar-refractivity contribution in [1.82, 2.24) is 0 Å². The lowest BCUT2D eigenvalue weighted by Gasteiger charge is -2.14. The Labute approximate surface area is 143 Å². The molecule has 2 rings (SSSR count). The van der Waals surface area contributed by atoms with Gasteiger partial charge in [0.05, 0.1) is 15.1 Å². The van der Waals surface area contributed by atoms with Crippen LogP contribution < -0.4 is 10.5 Å². The van der Waals surface area contributed by atoms with E-state index in [9.17, 15) is 0 Å². The topological polar surface area (TPSA) is 35.2 Å². The van der Waals surface area contributed by atoms with Gasteiger partial charge in [-0.25, -0.2) is 0 Å². The fraction of sp³-hybridized carbons (Fsp3) is 0.200. The summed E-state index contributed by atoms with van der Waals surface area (Å²) >= 11 is 24.0. The molecule has 0 saturated heterocycles. The molecule has 0 aliphatic heterocycles. The molecule has 6 heteroatoms. The van der Waals surface area contributed by atoms with E-state index in [-0.39, 0.29) is 6.04 Å². The van der Waals surface area contributed by atoms with Gasteiger partial charge in [-0.3, -0.25) is 0 Å². The van der Waals surface area contributed by atoms with Crippen LogP contribution in [0.4, 0.5) is 0 Å².